The molecular weight excluding hydrogens is 496 g/mol. The quantitative estimate of drug-likeness (QED) is 0.301. The summed E-state index contributed by atoms with van der Waals surface area (Å²) in [5.41, 5.74) is 1.06. The number of hydrogen-bond acceptors (Lipinski definition) is 2. The zero-order valence-electron chi connectivity index (χ0n) is 15.8. The summed E-state index contributed by atoms with van der Waals surface area (Å²) in [6, 6.07) is 14.7. The van der Waals surface area contributed by atoms with Gasteiger partial charge < -0.3 is 9.88 Å². The average molecular weight is 511 g/mol. The number of amides is 1. The van der Waals surface area contributed by atoms with Crippen LogP contribution >= 0.6 is 27.3 Å². The lowest BCUT2D eigenvalue weighted by Gasteiger charge is -2.12. The molecule has 0 atom stereocenters. The van der Waals surface area contributed by atoms with E-state index >= 15 is 0 Å². The van der Waals surface area contributed by atoms with Gasteiger partial charge in [-0.25, -0.2) is 4.39 Å². The number of nitrogens with zero attached hydrogens (tertiary/aromatic N) is 1. The molecule has 2 aromatic heterocycles. The lowest BCUT2D eigenvalue weighted by atomic mass is 10.1. The fourth-order valence-electron chi connectivity index (χ4n) is 3.30. The van der Waals surface area contributed by atoms with Crippen LogP contribution in [0.15, 0.2) is 64.5 Å². The van der Waals surface area contributed by atoms with Gasteiger partial charge in [0, 0.05) is 12.1 Å². The highest BCUT2D eigenvalue weighted by molar-refractivity contribution is 9.11. The first-order valence-electron chi connectivity index (χ1n) is 9.18. The summed E-state index contributed by atoms with van der Waals surface area (Å²) in [7, 11) is 0. The standard InChI is InChI=1S/C22H15BrF4N2OS/c23-20-10-17-19(31-20)9-18(29(17)12-14-5-1-2-7-16(14)24)21(30)28-11-13-4-3-6-15(8-13)22(25,26)27/h1-10H,11-12H2,(H,28,30). The average Bonchev–Trinajstić information content (AvgIpc) is 3.24. The van der Waals surface area contributed by atoms with Crippen molar-refractivity contribution in [1.82, 2.24) is 9.88 Å². The van der Waals surface area contributed by atoms with Gasteiger partial charge in [0.25, 0.3) is 5.91 Å². The van der Waals surface area contributed by atoms with Crippen LogP contribution in [-0.4, -0.2) is 10.5 Å². The number of hydrogen-bond donors (Lipinski definition) is 1. The van der Waals surface area contributed by atoms with Crippen molar-refractivity contribution in [3.05, 3.63) is 92.7 Å². The molecule has 1 N–H and O–H groups in total. The molecule has 0 unspecified atom stereocenters. The van der Waals surface area contributed by atoms with Gasteiger partial charge in [0.2, 0.25) is 0 Å². The maximum atomic E-state index is 14.2. The third kappa shape index (κ3) is 4.67. The number of carbonyl (C=O) groups is 1. The molecule has 0 radical (unpaired) electrons. The van der Waals surface area contributed by atoms with Gasteiger partial charge in [0.05, 0.1) is 26.1 Å². The van der Waals surface area contributed by atoms with Crippen LogP contribution in [0.1, 0.15) is 27.2 Å². The molecule has 2 aromatic carbocycles. The second-order valence-electron chi connectivity index (χ2n) is 6.89. The Balaban J connectivity index is 1.61. The Kier molecular flexibility index (Phi) is 5.90. The Labute approximate surface area is 187 Å². The number of thiophene rings is 1. The fraction of sp³-hybridized carbons (Fsp3) is 0.136. The van der Waals surface area contributed by atoms with E-state index in [1.54, 1.807) is 28.8 Å². The van der Waals surface area contributed by atoms with E-state index in [9.17, 15) is 22.4 Å². The number of alkyl halides is 3. The van der Waals surface area contributed by atoms with Gasteiger partial charge in [0.1, 0.15) is 11.5 Å². The van der Waals surface area contributed by atoms with Crippen LogP contribution in [0, 0.1) is 5.82 Å². The normalized spacial score (nSPS) is 11.8. The molecule has 4 aromatic rings. The monoisotopic (exact) mass is 510 g/mol. The van der Waals surface area contributed by atoms with Crippen molar-refractivity contribution in [2.75, 3.05) is 0 Å². The van der Waals surface area contributed by atoms with Gasteiger partial charge in [-0.3, -0.25) is 4.79 Å². The summed E-state index contributed by atoms with van der Waals surface area (Å²) in [5.74, 6) is -0.831. The number of rotatable bonds is 5. The van der Waals surface area contributed by atoms with E-state index in [1.165, 1.54) is 29.5 Å². The zero-order chi connectivity index (χ0) is 22.2. The number of carbonyl (C=O) groups excluding carboxylic acids is 1. The Bertz CT molecular complexity index is 1260. The minimum Gasteiger partial charge on any atom is -0.347 e. The van der Waals surface area contributed by atoms with Crippen LogP contribution in [0.25, 0.3) is 10.2 Å². The second-order valence-corrected chi connectivity index (χ2v) is 9.35. The van der Waals surface area contributed by atoms with Crippen molar-refractivity contribution in [3.8, 4) is 0 Å². The van der Waals surface area contributed by atoms with E-state index in [-0.39, 0.29) is 18.9 Å². The highest BCUT2D eigenvalue weighted by atomic mass is 79.9. The number of nitrogens with one attached hydrogen (secondary N) is 1. The highest BCUT2D eigenvalue weighted by Crippen LogP contribution is 2.33. The molecule has 31 heavy (non-hydrogen) atoms. The minimum absolute atomic E-state index is 0.0645. The van der Waals surface area contributed by atoms with Gasteiger partial charge in [-0.1, -0.05) is 30.3 Å². The van der Waals surface area contributed by atoms with Crippen LogP contribution in [-0.2, 0) is 19.3 Å². The predicted molar refractivity (Wildman–Crippen MR) is 116 cm³/mol. The van der Waals surface area contributed by atoms with Crippen LogP contribution in [0.2, 0.25) is 0 Å². The van der Waals surface area contributed by atoms with E-state index in [0.717, 1.165) is 26.1 Å². The van der Waals surface area contributed by atoms with Crippen molar-refractivity contribution in [1.29, 1.82) is 0 Å². The van der Waals surface area contributed by atoms with Crippen LogP contribution < -0.4 is 5.32 Å². The van der Waals surface area contributed by atoms with E-state index in [2.05, 4.69) is 21.2 Å². The fourth-order valence-corrected chi connectivity index (χ4v) is 4.86. The molecule has 0 fully saturated rings. The first kappa shape index (κ1) is 21.6. The van der Waals surface area contributed by atoms with Gasteiger partial charge in [-0.15, -0.1) is 11.3 Å². The van der Waals surface area contributed by atoms with E-state index < -0.39 is 17.6 Å². The summed E-state index contributed by atoms with van der Waals surface area (Å²) in [6.45, 7) is 0.0800. The van der Waals surface area contributed by atoms with Crippen molar-refractivity contribution in [2.24, 2.45) is 0 Å². The van der Waals surface area contributed by atoms with Gasteiger partial charge in [-0.2, -0.15) is 13.2 Å². The van der Waals surface area contributed by atoms with Gasteiger partial charge in [0.15, 0.2) is 0 Å². The smallest absolute Gasteiger partial charge is 0.347 e. The number of aromatic nitrogens is 1. The second kappa shape index (κ2) is 8.47. The molecule has 1 amide bonds. The summed E-state index contributed by atoms with van der Waals surface area (Å²) in [4.78, 5) is 12.9. The van der Waals surface area contributed by atoms with Crippen LogP contribution in [0.5, 0.6) is 0 Å². The molecule has 0 saturated carbocycles. The molecule has 0 aliphatic carbocycles. The Morgan fingerprint density at radius 3 is 2.58 bits per heavy atom. The van der Waals surface area contributed by atoms with Crippen molar-refractivity contribution in [2.45, 2.75) is 19.3 Å². The summed E-state index contributed by atoms with van der Waals surface area (Å²) in [6.07, 6.45) is -4.45. The summed E-state index contributed by atoms with van der Waals surface area (Å²) < 4.78 is 56.4. The third-order valence-electron chi connectivity index (χ3n) is 4.79. The first-order valence-corrected chi connectivity index (χ1v) is 10.8. The van der Waals surface area contributed by atoms with Crippen molar-refractivity contribution in [3.63, 3.8) is 0 Å². The number of fused-ring (bicyclic) bond motifs is 1. The van der Waals surface area contributed by atoms with Gasteiger partial charge in [-0.05, 0) is 51.8 Å². The lowest BCUT2D eigenvalue weighted by molar-refractivity contribution is -0.137. The molecule has 9 heteroatoms. The number of benzene rings is 2. The SMILES string of the molecule is O=C(NCc1cccc(C(F)(F)F)c1)c1cc2sc(Br)cc2n1Cc1ccccc1F. The molecule has 0 aliphatic heterocycles. The highest BCUT2D eigenvalue weighted by Gasteiger charge is 2.30. The molecule has 4 rings (SSSR count). The molecule has 160 valence electrons. The summed E-state index contributed by atoms with van der Waals surface area (Å²) >= 11 is 4.86. The Morgan fingerprint density at radius 2 is 1.84 bits per heavy atom. The molecular formula is C22H15BrF4N2OS. The van der Waals surface area contributed by atoms with Crippen molar-refractivity contribution < 1.29 is 22.4 Å². The predicted octanol–water partition coefficient (Wildman–Crippen LogP) is 6.60. The molecule has 0 saturated heterocycles. The van der Waals surface area contributed by atoms with E-state index in [0.29, 0.717) is 16.8 Å². The molecule has 0 aliphatic rings. The minimum atomic E-state index is -4.45. The largest absolute Gasteiger partial charge is 0.416 e. The number of halogens is 5. The van der Waals surface area contributed by atoms with Gasteiger partial charge >= 0.3 is 6.18 Å². The lowest BCUT2D eigenvalue weighted by Crippen LogP contribution is -2.26. The Hall–Kier alpha value is -2.65. The molecule has 0 spiro atoms. The van der Waals surface area contributed by atoms with Crippen LogP contribution in [0.3, 0.4) is 0 Å². The van der Waals surface area contributed by atoms with E-state index in [4.69, 9.17) is 0 Å². The summed E-state index contributed by atoms with van der Waals surface area (Å²) in [5, 5.41) is 2.67. The topological polar surface area (TPSA) is 34.0 Å². The van der Waals surface area contributed by atoms with Crippen molar-refractivity contribution >= 4 is 43.4 Å². The van der Waals surface area contributed by atoms with Crippen LogP contribution in [0.4, 0.5) is 17.6 Å². The Morgan fingerprint density at radius 1 is 1.06 bits per heavy atom. The first-order chi connectivity index (χ1) is 14.7. The maximum Gasteiger partial charge on any atom is 0.416 e. The molecule has 3 nitrogen and oxygen atoms in total. The zero-order valence-corrected chi connectivity index (χ0v) is 18.2. The molecule has 0 bridgehead atoms. The third-order valence-corrected chi connectivity index (χ3v) is 6.36. The van der Waals surface area contributed by atoms with E-state index in [1.807, 2.05) is 6.07 Å². The maximum absolute atomic E-state index is 14.2. The molecule has 2 heterocycles.